The van der Waals surface area contributed by atoms with Crippen LogP contribution in [0, 0.1) is 5.92 Å². The lowest BCUT2D eigenvalue weighted by molar-refractivity contribution is -0.125. The highest BCUT2D eigenvalue weighted by molar-refractivity contribution is 5.85. The van der Waals surface area contributed by atoms with Crippen molar-refractivity contribution in [2.45, 2.75) is 51.1 Å². The van der Waals surface area contributed by atoms with E-state index in [2.05, 4.69) is 10.4 Å². The van der Waals surface area contributed by atoms with Gasteiger partial charge in [0.25, 0.3) is 0 Å². The largest absolute Gasteiger partial charge is 0.350 e. The quantitative estimate of drug-likeness (QED) is 0.866. The van der Waals surface area contributed by atoms with Gasteiger partial charge in [0.05, 0.1) is 0 Å². The van der Waals surface area contributed by atoms with Crippen molar-refractivity contribution in [1.82, 2.24) is 15.1 Å². The molecule has 2 rings (SSSR count). The molecule has 1 aliphatic carbocycles. The maximum Gasteiger partial charge on any atom is 0.244 e. The summed E-state index contributed by atoms with van der Waals surface area (Å²) >= 11 is 0. The van der Waals surface area contributed by atoms with Crippen LogP contribution in [-0.4, -0.2) is 28.3 Å². The third-order valence-corrected chi connectivity index (χ3v) is 4.10. The Morgan fingerprint density at radius 2 is 2.05 bits per heavy atom. The zero-order valence-corrected chi connectivity index (χ0v) is 14.0. The summed E-state index contributed by atoms with van der Waals surface area (Å²) < 4.78 is 1.67. The van der Waals surface area contributed by atoms with Gasteiger partial charge in [-0.3, -0.25) is 9.48 Å². The molecule has 1 amide bonds. The minimum atomic E-state index is -0.285. The Kier molecular flexibility index (Phi) is 9.66. The number of carbonyl (C=O) groups excluding carboxylic acids is 1. The normalized spacial score (nSPS) is 18.0. The number of halogens is 2. The van der Waals surface area contributed by atoms with Crippen molar-refractivity contribution in [3.8, 4) is 0 Å². The third kappa shape index (κ3) is 5.49. The number of nitrogens with one attached hydrogen (secondary N) is 1. The number of carbonyl (C=O) groups is 1. The Bertz CT molecular complexity index is 394. The van der Waals surface area contributed by atoms with E-state index in [0.717, 1.165) is 0 Å². The van der Waals surface area contributed by atoms with E-state index in [-0.39, 0.29) is 42.8 Å². The molecule has 0 spiro atoms. The zero-order chi connectivity index (χ0) is 13.7. The van der Waals surface area contributed by atoms with Gasteiger partial charge in [0, 0.05) is 25.0 Å². The van der Waals surface area contributed by atoms with E-state index in [4.69, 9.17) is 5.73 Å². The fourth-order valence-electron chi connectivity index (χ4n) is 2.84. The van der Waals surface area contributed by atoms with E-state index in [1.165, 1.54) is 32.1 Å². The molecule has 1 heterocycles. The van der Waals surface area contributed by atoms with Crippen LogP contribution >= 0.6 is 24.8 Å². The molecule has 3 N–H and O–H groups in total. The number of nitrogens with two attached hydrogens (primary N) is 1. The van der Waals surface area contributed by atoms with Crippen molar-refractivity contribution in [2.75, 3.05) is 6.54 Å². The maximum absolute atomic E-state index is 12.2. The third-order valence-electron chi connectivity index (χ3n) is 4.10. The second kappa shape index (κ2) is 10.0. The van der Waals surface area contributed by atoms with E-state index in [0.29, 0.717) is 12.5 Å². The van der Waals surface area contributed by atoms with E-state index < -0.39 is 0 Å². The van der Waals surface area contributed by atoms with E-state index >= 15 is 0 Å². The first-order valence-electron chi connectivity index (χ1n) is 7.22. The summed E-state index contributed by atoms with van der Waals surface area (Å²) in [6.45, 7) is 2.37. The minimum absolute atomic E-state index is 0. The second-order valence-corrected chi connectivity index (χ2v) is 5.41. The summed E-state index contributed by atoms with van der Waals surface area (Å²) in [6.07, 6.45) is 9.67. The first kappa shape index (κ1) is 20.2. The summed E-state index contributed by atoms with van der Waals surface area (Å²) in [5.41, 5.74) is 5.83. The highest BCUT2D eigenvalue weighted by Crippen LogP contribution is 2.26. The van der Waals surface area contributed by atoms with Crippen LogP contribution in [0.5, 0.6) is 0 Å². The van der Waals surface area contributed by atoms with Gasteiger partial charge in [0.15, 0.2) is 0 Å². The molecular weight excluding hydrogens is 311 g/mol. The Morgan fingerprint density at radius 3 is 2.57 bits per heavy atom. The highest BCUT2D eigenvalue weighted by atomic mass is 35.5. The van der Waals surface area contributed by atoms with Crippen molar-refractivity contribution >= 4 is 30.7 Å². The second-order valence-electron chi connectivity index (χ2n) is 5.41. The maximum atomic E-state index is 12.2. The molecule has 0 saturated heterocycles. The first-order chi connectivity index (χ1) is 9.22. The van der Waals surface area contributed by atoms with Crippen LogP contribution in [0.15, 0.2) is 18.5 Å². The van der Waals surface area contributed by atoms with E-state index in [1.807, 2.05) is 19.2 Å². The first-order valence-corrected chi connectivity index (χ1v) is 7.22. The van der Waals surface area contributed by atoms with Gasteiger partial charge in [-0.2, -0.15) is 5.10 Å². The summed E-state index contributed by atoms with van der Waals surface area (Å²) in [5.74, 6) is 0.539. The topological polar surface area (TPSA) is 72.9 Å². The molecule has 0 bridgehead atoms. The van der Waals surface area contributed by atoms with Gasteiger partial charge >= 0.3 is 0 Å². The van der Waals surface area contributed by atoms with Gasteiger partial charge < -0.3 is 11.1 Å². The summed E-state index contributed by atoms with van der Waals surface area (Å²) in [7, 11) is 0. The average Bonchev–Trinajstić information content (AvgIpc) is 2.98. The number of hydrogen-bond donors (Lipinski definition) is 2. The van der Waals surface area contributed by atoms with Crippen LogP contribution in [0.1, 0.15) is 45.1 Å². The fraction of sp³-hybridized carbons (Fsp3) is 0.714. The van der Waals surface area contributed by atoms with Crippen molar-refractivity contribution in [2.24, 2.45) is 11.7 Å². The molecule has 2 unspecified atom stereocenters. The number of amides is 1. The molecule has 122 valence electrons. The van der Waals surface area contributed by atoms with Crippen LogP contribution in [0.2, 0.25) is 0 Å². The molecule has 1 saturated carbocycles. The molecule has 1 aliphatic rings. The van der Waals surface area contributed by atoms with Gasteiger partial charge in [-0.15, -0.1) is 24.8 Å². The molecule has 5 nitrogen and oxygen atoms in total. The molecule has 0 aromatic carbocycles. The molecular formula is C14H26Cl2N4O. The van der Waals surface area contributed by atoms with Gasteiger partial charge in [0.2, 0.25) is 5.91 Å². The van der Waals surface area contributed by atoms with Gasteiger partial charge in [-0.25, -0.2) is 0 Å². The van der Waals surface area contributed by atoms with Crippen molar-refractivity contribution in [1.29, 1.82) is 0 Å². The fourth-order valence-corrected chi connectivity index (χ4v) is 2.84. The Hall–Kier alpha value is -0.780. The molecule has 1 aromatic rings. The summed E-state index contributed by atoms with van der Waals surface area (Å²) in [5, 5.41) is 7.21. The molecule has 7 heteroatoms. The Balaban J connectivity index is 0.00000200. The van der Waals surface area contributed by atoms with Crippen molar-refractivity contribution < 1.29 is 4.79 Å². The van der Waals surface area contributed by atoms with Crippen molar-refractivity contribution in [3.05, 3.63) is 18.5 Å². The number of aromatic nitrogens is 2. The highest BCUT2D eigenvalue weighted by Gasteiger charge is 2.26. The number of nitrogens with zero attached hydrogens (tertiary/aromatic N) is 2. The minimum Gasteiger partial charge on any atom is -0.350 e. The lowest BCUT2D eigenvalue weighted by atomic mass is 9.84. The number of hydrogen-bond acceptors (Lipinski definition) is 3. The molecule has 21 heavy (non-hydrogen) atoms. The molecule has 0 aliphatic heterocycles. The predicted octanol–water partition coefficient (Wildman–Crippen LogP) is 2.31. The standard InChI is InChI=1S/C14H24N4O.2ClH/c1-11(18-9-5-8-16-18)14(19)17-13(10-15)12-6-3-2-4-7-12;;/h5,8-9,11-13H,2-4,6-7,10,15H2,1H3,(H,17,19);2*1H. The van der Waals surface area contributed by atoms with E-state index in [9.17, 15) is 4.79 Å². The van der Waals surface area contributed by atoms with Crippen LogP contribution in [-0.2, 0) is 4.79 Å². The van der Waals surface area contributed by atoms with Crippen molar-refractivity contribution in [3.63, 3.8) is 0 Å². The number of rotatable bonds is 5. The lowest BCUT2D eigenvalue weighted by Gasteiger charge is -2.30. The van der Waals surface area contributed by atoms with Crippen LogP contribution < -0.4 is 11.1 Å². The van der Waals surface area contributed by atoms with Crippen LogP contribution in [0.4, 0.5) is 0 Å². The molecule has 1 aromatic heterocycles. The summed E-state index contributed by atoms with van der Waals surface area (Å²) in [4.78, 5) is 12.2. The van der Waals surface area contributed by atoms with E-state index in [1.54, 1.807) is 10.9 Å². The van der Waals surface area contributed by atoms with Gasteiger partial charge in [-0.1, -0.05) is 19.3 Å². The lowest BCUT2D eigenvalue weighted by Crippen LogP contribution is -2.47. The average molecular weight is 337 g/mol. The molecule has 0 radical (unpaired) electrons. The monoisotopic (exact) mass is 336 g/mol. The van der Waals surface area contributed by atoms with Crippen LogP contribution in [0.3, 0.4) is 0 Å². The Morgan fingerprint density at radius 1 is 1.38 bits per heavy atom. The summed E-state index contributed by atoms with van der Waals surface area (Å²) in [6, 6.07) is 1.64. The molecule has 1 fully saturated rings. The Labute approximate surface area is 138 Å². The predicted molar refractivity (Wildman–Crippen MR) is 89.0 cm³/mol. The smallest absolute Gasteiger partial charge is 0.244 e. The van der Waals surface area contributed by atoms with Crippen LogP contribution in [0.25, 0.3) is 0 Å². The SMILES string of the molecule is CC(C(=O)NC(CN)C1CCCCC1)n1cccn1.Cl.Cl. The van der Waals surface area contributed by atoms with Gasteiger partial charge in [0.1, 0.15) is 6.04 Å². The zero-order valence-electron chi connectivity index (χ0n) is 12.4. The molecule has 2 atom stereocenters. The van der Waals surface area contributed by atoms with Gasteiger partial charge in [-0.05, 0) is 31.7 Å².